The van der Waals surface area contributed by atoms with Gasteiger partial charge >= 0.3 is 0 Å². The Morgan fingerprint density at radius 3 is 2.47 bits per heavy atom. The summed E-state index contributed by atoms with van der Waals surface area (Å²) in [6.45, 7) is 0.389. The first-order valence-electron chi connectivity index (χ1n) is 5.70. The van der Waals surface area contributed by atoms with Gasteiger partial charge in [-0.15, -0.1) is 11.3 Å². The molecule has 0 unspecified atom stereocenters. The Morgan fingerprint density at radius 1 is 1.16 bits per heavy atom. The molecule has 0 bridgehead atoms. The van der Waals surface area contributed by atoms with E-state index in [-0.39, 0.29) is 4.90 Å². The van der Waals surface area contributed by atoms with Crippen molar-refractivity contribution in [3.8, 4) is 0 Å². The number of hydrogen-bond donors (Lipinski definition) is 3. The van der Waals surface area contributed by atoms with Crippen LogP contribution >= 0.6 is 11.3 Å². The standard InChI is InChI=1S/C12H15N3O2S2/c13-15-10-3-5-12(6-4-10)19(16,17)14-8-7-11-2-1-9-18-11/h1-6,9,14-15H,7-8,13H2. The van der Waals surface area contributed by atoms with Crippen molar-refractivity contribution in [2.24, 2.45) is 5.84 Å². The van der Waals surface area contributed by atoms with E-state index in [0.717, 1.165) is 4.88 Å². The summed E-state index contributed by atoms with van der Waals surface area (Å²) < 4.78 is 26.6. The molecular formula is C12H15N3O2S2. The van der Waals surface area contributed by atoms with Crippen LogP contribution in [0.15, 0.2) is 46.7 Å². The van der Waals surface area contributed by atoms with Crippen molar-refractivity contribution >= 4 is 27.0 Å². The van der Waals surface area contributed by atoms with Gasteiger partial charge in [-0.05, 0) is 42.1 Å². The quantitative estimate of drug-likeness (QED) is 0.558. The highest BCUT2D eigenvalue weighted by Gasteiger charge is 2.12. The van der Waals surface area contributed by atoms with E-state index < -0.39 is 10.0 Å². The molecule has 1 aromatic heterocycles. The summed E-state index contributed by atoms with van der Waals surface area (Å²) in [5, 5.41) is 1.97. The maximum absolute atomic E-state index is 12.0. The lowest BCUT2D eigenvalue weighted by Crippen LogP contribution is -2.25. The fraction of sp³-hybridized carbons (Fsp3) is 0.167. The molecule has 0 amide bonds. The highest BCUT2D eigenvalue weighted by atomic mass is 32.2. The monoisotopic (exact) mass is 297 g/mol. The van der Waals surface area contributed by atoms with Gasteiger partial charge in [0, 0.05) is 17.1 Å². The first-order chi connectivity index (χ1) is 9.12. The lowest BCUT2D eigenvalue weighted by atomic mass is 10.3. The first kappa shape index (κ1) is 14.0. The van der Waals surface area contributed by atoms with Gasteiger partial charge in [-0.1, -0.05) is 6.07 Å². The molecule has 0 atom stereocenters. The number of benzene rings is 1. The van der Waals surface area contributed by atoms with Gasteiger partial charge in [0.1, 0.15) is 0 Å². The fourth-order valence-electron chi connectivity index (χ4n) is 1.58. The Balaban J connectivity index is 1.97. The molecule has 1 heterocycles. The van der Waals surface area contributed by atoms with Gasteiger partial charge in [0.25, 0.3) is 0 Å². The summed E-state index contributed by atoms with van der Waals surface area (Å²) >= 11 is 1.62. The molecule has 0 spiro atoms. The Labute approximate surface area is 116 Å². The van der Waals surface area contributed by atoms with E-state index in [4.69, 9.17) is 5.84 Å². The summed E-state index contributed by atoms with van der Waals surface area (Å²) in [5.41, 5.74) is 3.12. The highest BCUT2D eigenvalue weighted by molar-refractivity contribution is 7.89. The predicted molar refractivity (Wildman–Crippen MR) is 77.5 cm³/mol. The summed E-state index contributed by atoms with van der Waals surface area (Å²) in [5.74, 6) is 5.23. The van der Waals surface area contributed by atoms with Crippen molar-refractivity contribution in [3.63, 3.8) is 0 Å². The average Bonchev–Trinajstić information content (AvgIpc) is 2.92. The van der Waals surface area contributed by atoms with E-state index in [1.165, 1.54) is 12.1 Å². The Kier molecular flexibility index (Phi) is 4.54. The van der Waals surface area contributed by atoms with Crippen LogP contribution in [0.3, 0.4) is 0 Å². The molecule has 0 aliphatic heterocycles. The number of nitrogen functional groups attached to an aromatic ring is 1. The summed E-state index contributed by atoms with van der Waals surface area (Å²) in [6.07, 6.45) is 0.694. The molecule has 7 heteroatoms. The van der Waals surface area contributed by atoms with Crippen LogP contribution in [0.25, 0.3) is 0 Å². The van der Waals surface area contributed by atoms with Gasteiger partial charge in [-0.3, -0.25) is 5.84 Å². The van der Waals surface area contributed by atoms with Gasteiger partial charge in [0.15, 0.2) is 0 Å². The van der Waals surface area contributed by atoms with Gasteiger partial charge in [-0.2, -0.15) is 0 Å². The molecule has 4 N–H and O–H groups in total. The molecule has 5 nitrogen and oxygen atoms in total. The second-order valence-corrected chi connectivity index (χ2v) is 6.70. The number of anilines is 1. The number of nitrogens with one attached hydrogen (secondary N) is 2. The Morgan fingerprint density at radius 2 is 1.89 bits per heavy atom. The van der Waals surface area contributed by atoms with Crippen LogP contribution in [0.5, 0.6) is 0 Å². The van der Waals surface area contributed by atoms with E-state index in [9.17, 15) is 8.42 Å². The molecule has 0 aliphatic rings. The Hall–Kier alpha value is -1.41. The van der Waals surface area contributed by atoms with Gasteiger partial charge < -0.3 is 5.43 Å². The van der Waals surface area contributed by atoms with Crippen molar-refractivity contribution < 1.29 is 8.42 Å². The molecule has 0 saturated carbocycles. The van der Waals surface area contributed by atoms with Crippen molar-refractivity contribution in [1.29, 1.82) is 0 Å². The van der Waals surface area contributed by atoms with Crippen molar-refractivity contribution in [2.45, 2.75) is 11.3 Å². The number of rotatable bonds is 6. The van der Waals surface area contributed by atoms with Crippen molar-refractivity contribution in [3.05, 3.63) is 46.7 Å². The largest absolute Gasteiger partial charge is 0.324 e. The van der Waals surface area contributed by atoms with Crippen LogP contribution in [-0.2, 0) is 16.4 Å². The molecule has 2 rings (SSSR count). The molecule has 0 fully saturated rings. The van der Waals surface area contributed by atoms with Crippen LogP contribution in [0.1, 0.15) is 4.88 Å². The minimum atomic E-state index is -3.45. The van der Waals surface area contributed by atoms with Crippen LogP contribution in [0.4, 0.5) is 5.69 Å². The van der Waals surface area contributed by atoms with E-state index in [0.29, 0.717) is 18.7 Å². The summed E-state index contributed by atoms with van der Waals surface area (Å²) in [4.78, 5) is 1.39. The molecule has 1 aromatic carbocycles. The van der Waals surface area contributed by atoms with Crippen LogP contribution in [0, 0.1) is 0 Å². The number of thiophene rings is 1. The second-order valence-electron chi connectivity index (χ2n) is 3.90. The minimum absolute atomic E-state index is 0.234. The maximum atomic E-state index is 12.0. The van der Waals surface area contributed by atoms with Gasteiger partial charge in [0.2, 0.25) is 10.0 Å². The molecule has 2 aromatic rings. The average molecular weight is 297 g/mol. The smallest absolute Gasteiger partial charge is 0.240 e. The normalized spacial score (nSPS) is 11.4. The minimum Gasteiger partial charge on any atom is -0.324 e. The first-order valence-corrected chi connectivity index (χ1v) is 8.07. The molecule has 19 heavy (non-hydrogen) atoms. The fourth-order valence-corrected chi connectivity index (χ4v) is 3.32. The third-order valence-corrected chi connectivity index (χ3v) is 4.99. The summed E-state index contributed by atoms with van der Waals surface area (Å²) in [6, 6.07) is 10.2. The third kappa shape index (κ3) is 3.77. The topological polar surface area (TPSA) is 84.2 Å². The zero-order chi connectivity index (χ0) is 13.7. The molecule has 102 valence electrons. The number of hydrogen-bond acceptors (Lipinski definition) is 5. The lowest BCUT2D eigenvalue weighted by molar-refractivity contribution is 0.582. The second kappa shape index (κ2) is 6.16. The van der Waals surface area contributed by atoms with E-state index in [2.05, 4.69) is 10.1 Å². The zero-order valence-corrected chi connectivity index (χ0v) is 11.8. The maximum Gasteiger partial charge on any atom is 0.240 e. The number of hydrazine groups is 1. The van der Waals surface area contributed by atoms with Crippen LogP contribution in [-0.4, -0.2) is 15.0 Å². The van der Waals surface area contributed by atoms with E-state index >= 15 is 0 Å². The highest BCUT2D eigenvalue weighted by Crippen LogP contribution is 2.13. The third-order valence-electron chi connectivity index (χ3n) is 2.57. The van der Waals surface area contributed by atoms with E-state index in [1.54, 1.807) is 23.5 Å². The SMILES string of the molecule is NNc1ccc(S(=O)(=O)NCCc2cccs2)cc1. The number of nitrogens with two attached hydrogens (primary N) is 1. The molecule has 0 aliphatic carbocycles. The van der Waals surface area contributed by atoms with Crippen LogP contribution in [0.2, 0.25) is 0 Å². The molecule has 0 radical (unpaired) electrons. The summed E-state index contributed by atoms with van der Waals surface area (Å²) in [7, 11) is -3.45. The lowest BCUT2D eigenvalue weighted by Gasteiger charge is -2.07. The van der Waals surface area contributed by atoms with Gasteiger partial charge in [0.05, 0.1) is 4.90 Å². The van der Waals surface area contributed by atoms with Gasteiger partial charge in [-0.25, -0.2) is 13.1 Å². The molecule has 0 saturated heterocycles. The van der Waals surface area contributed by atoms with Crippen molar-refractivity contribution in [2.75, 3.05) is 12.0 Å². The zero-order valence-electron chi connectivity index (χ0n) is 10.2. The van der Waals surface area contributed by atoms with E-state index in [1.807, 2.05) is 17.5 Å². The number of sulfonamides is 1. The van der Waals surface area contributed by atoms with Crippen molar-refractivity contribution in [1.82, 2.24) is 4.72 Å². The van der Waals surface area contributed by atoms with Crippen LogP contribution < -0.4 is 16.0 Å². The molecular weight excluding hydrogens is 282 g/mol. The Bertz CT molecular complexity index is 607. The predicted octanol–water partition coefficient (Wildman–Crippen LogP) is 1.55.